The predicted molar refractivity (Wildman–Crippen MR) is 99.3 cm³/mol. The van der Waals surface area contributed by atoms with Gasteiger partial charge in [-0.2, -0.15) is 17.9 Å². The molecule has 2 atom stereocenters. The molecule has 1 aliphatic carbocycles. The van der Waals surface area contributed by atoms with Crippen molar-refractivity contribution in [1.29, 1.82) is 0 Å². The fourth-order valence-corrected chi connectivity index (χ4v) is 5.82. The lowest BCUT2D eigenvalue weighted by Gasteiger charge is -2.14. The lowest BCUT2D eigenvalue weighted by atomic mass is 10.1. The van der Waals surface area contributed by atoms with Crippen molar-refractivity contribution in [3.05, 3.63) is 59.9 Å². The van der Waals surface area contributed by atoms with E-state index in [4.69, 9.17) is 0 Å². The Balaban J connectivity index is 1.59. The summed E-state index contributed by atoms with van der Waals surface area (Å²) >= 11 is 0.661. The number of nitrogens with one attached hydrogen (secondary N) is 1. The average molecular weight is 458 g/mol. The van der Waals surface area contributed by atoms with Crippen LogP contribution in [0.15, 0.2) is 57.3 Å². The lowest BCUT2D eigenvalue weighted by molar-refractivity contribution is -0.155. The molecule has 7 nitrogen and oxygen atoms in total. The van der Waals surface area contributed by atoms with Gasteiger partial charge in [-0.3, -0.25) is 4.79 Å². The van der Waals surface area contributed by atoms with Crippen LogP contribution in [0, 0.1) is 0 Å². The van der Waals surface area contributed by atoms with E-state index < -0.39 is 39.4 Å². The number of rotatable bonds is 6. The summed E-state index contributed by atoms with van der Waals surface area (Å²) in [4.78, 5) is 12.0. The van der Waals surface area contributed by atoms with Crippen LogP contribution in [0.5, 0.6) is 0 Å². The molecular formula is C18H13F3N2O5S2. The maximum atomic E-state index is 12.8. The Labute approximate surface area is 172 Å². The second-order valence-electron chi connectivity index (χ2n) is 6.74. The number of aliphatic carboxylic acids is 1. The van der Waals surface area contributed by atoms with E-state index >= 15 is 0 Å². The normalized spacial score (nSPS) is 21.5. The Bertz CT molecular complexity index is 1200. The van der Waals surface area contributed by atoms with E-state index in [1.807, 2.05) is 0 Å². The smallest absolute Gasteiger partial charge is 0.452 e. The van der Waals surface area contributed by atoms with Crippen molar-refractivity contribution in [2.45, 2.75) is 28.3 Å². The number of carbonyl (C=O) groups is 1. The van der Waals surface area contributed by atoms with E-state index in [0.717, 1.165) is 0 Å². The molecule has 2 heterocycles. The van der Waals surface area contributed by atoms with E-state index in [0.29, 0.717) is 23.0 Å². The molecule has 1 aliphatic rings. The predicted octanol–water partition coefficient (Wildman–Crippen LogP) is 3.71. The van der Waals surface area contributed by atoms with Crippen LogP contribution in [0.4, 0.5) is 13.2 Å². The van der Waals surface area contributed by atoms with Gasteiger partial charge in [0.25, 0.3) is 10.0 Å². The third-order valence-electron chi connectivity index (χ3n) is 4.75. The molecule has 0 unspecified atom stereocenters. The highest BCUT2D eigenvalue weighted by atomic mass is 32.2. The highest BCUT2D eigenvalue weighted by Gasteiger charge is 2.63. The van der Waals surface area contributed by atoms with Gasteiger partial charge in [0.05, 0.1) is 4.88 Å². The summed E-state index contributed by atoms with van der Waals surface area (Å²) < 4.78 is 69.8. The number of nitrogens with zero attached hydrogens (tertiary/aromatic N) is 1. The van der Waals surface area contributed by atoms with Gasteiger partial charge in [0.15, 0.2) is 0 Å². The summed E-state index contributed by atoms with van der Waals surface area (Å²) in [5.41, 5.74) is -1.16. The van der Waals surface area contributed by atoms with Crippen LogP contribution < -0.4 is 4.72 Å². The second-order valence-corrected chi connectivity index (χ2v) is 9.74. The maximum absolute atomic E-state index is 12.8. The standard InChI is InChI=1S/C18H13F3N2O5S2/c19-18(20,21)14-8-12(22-28-14)13-6-7-15(29-13)30(26,27)23-17(16(24)25)9-11(17)10-4-2-1-3-5-10/h1-8,11,23H,9H2,(H,24,25)/t11-,17+/m0/s1. The van der Waals surface area contributed by atoms with Crippen LogP contribution in [0.1, 0.15) is 23.7 Å². The quantitative estimate of drug-likeness (QED) is 0.583. The van der Waals surface area contributed by atoms with Crippen molar-refractivity contribution in [1.82, 2.24) is 9.88 Å². The van der Waals surface area contributed by atoms with Crippen LogP contribution >= 0.6 is 11.3 Å². The third kappa shape index (κ3) is 3.61. The molecule has 2 N–H and O–H groups in total. The van der Waals surface area contributed by atoms with Crippen molar-refractivity contribution >= 4 is 27.3 Å². The Morgan fingerprint density at radius 2 is 1.93 bits per heavy atom. The molecule has 4 rings (SSSR count). The Morgan fingerprint density at radius 3 is 2.53 bits per heavy atom. The second kappa shape index (κ2) is 6.93. The van der Waals surface area contributed by atoms with E-state index in [1.165, 1.54) is 12.1 Å². The minimum absolute atomic E-state index is 0.0854. The molecule has 0 bridgehead atoms. The number of halogens is 3. The third-order valence-corrected chi connectivity index (χ3v) is 7.86. The molecule has 1 aromatic carbocycles. The van der Waals surface area contributed by atoms with Crippen LogP contribution in [0.2, 0.25) is 0 Å². The summed E-state index contributed by atoms with van der Waals surface area (Å²) in [7, 11) is -4.24. The molecule has 158 valence electrons. The monoisotopic (exact) mass is 458 g/mol. The van der Waals surface area contributed by atoms with Gasteiger partial charge in [0.2, 0.25) is 5.76 Å². The van der Waals surface area contributed by atoms with Gasteiger partial charge >= 0.3 is 12.1 Å². The molecular weight excluding hydrogens is 445 g/mol. The zero-order valence-corrected chi connectivity index (χ0v) is 16.5. The van der Waals surface area contributed by atoms with E-state index in [9.17, 15) is 31.5 Å². The lowest BCUT2D eigenvalue weighted by Crippen LogP contribution is -2.44. The minimum Gasteiger partial charge on any atom is -0.480 e. The zero-order chi connectivity index (χ0) is 21.7. The summed E-state index contributed by atoms with van der Waals surface area (Å²) in [5, 5.41) is 13.0. The summed E-state index contributed by atoms with van der Waals surface area (Å²) in [6.45, 7) is 0. The first kappa shape index (κ1) is 20.6. The number of carboxylic acid groups (broad SMARTS) is 1. The van der Waals surface area contributed by atoms with E-state index in [1.54, 1.807) is 30.3 Å². The van der Waals surface area contributed by atoms with Crippen molar-refractivity contribution in [2.75, 3.05) is 0 Å². The van der Waals surface area contributed by atoms with E-state index in [2.05, 4.69) is 14.4 Å². The van der Waals surface area contributed by atoms with Crippen molar-refractivity contribution in [2.24, 2.45) is 0 Å². The topological polar surface area (TPSA) is 110 Å². The molecule has 12 heteroatoms. The maximum Gasteiger partial charge on any atom is 0.452 e. The van der Waals surface area contributed by atoms with Gasteiger partial charge < -0.3 is 9.63 Å². The first-order chi connectivity index (χ1) is 14.0. The number of alkyl halides is 3. The number of benzene rings is 1. The number of carboxylic acids is 1. The van der Waals surface area contributed by atoms with Crippen molar-refractivity contribution < 1.29 is 36.0 Å². The molecule has 0 amide bonds. The van der Waals surface area contributed by atoms with E-state index in [-0.39, 0.29) is 21.2 Å². The molecule has 0 saturated heterocycles. The van der Waals surface area contributed by atoms with Gasteiger partial charge in [-0.05, 0) is 24.1 Å². The fraction of sp³-hybridized carbons (Fsp3) is 0.222. The average Bonchev–Trinajstić information content (AvgIpc) is 3.05. The zero-order valence-electron chi connectivity index (χ0n) is 14.9. The van der Waals surface area contributed by atoms with Crippen LogP contribution in [0.25, 0.3) is 10.6 Å². The molecule has 30 heavy (non-hydrogen) atoms. The number of hydrogen-bond acceptors (Lipinski definition) is 6. The number of hydrogen-bond donors (Lipinski definition) is 2. The highest BCUT2D eigenvalue weighted by molar-refractivity contribution is 7.91. The number of aromatic nitrogens is 1. The first-order valence-electron chi connectivity index (χ1n) is 8.49. The van der Waals surface area contributed by atoms with Gasteiger partial charge in [0, 0.05) is 12.0 Å². The minimum atomic E-state index is -4.72. The first-order valence-corrected chi connectivity index (χ1v) is 10.8. The SMILES string of the molecule is O=C(O)[C@@]1(NS(=O)(=O)c2ccc(-c3cc(C(F)(F)F)on3)s2)C[C@H]1c1ccccc1. The number of sulfonamides is 1. The fourth-order valence-electron chi connectivity index (χ4n) is 3.16. The van der Waals surface area contributed by atoms with Gasteiger partial charge in [-0.15, -0.1) is 11.3 Å². The van der Waals surface area contributed by atoms with Crippen molar-refractivity contribution in [3.63, 3.8) is 0 Å². The van der Waals surface area contributed by atoms with Gasteiger partial charge in [-0.25, -0.2) is 8.42 Å². The van der Waals surface area contributed by atoms with Crippen LogP contribution in [0.3, 0.4) is 0 Å². The molecule has 1 fully saturated rings. The highest BCUT2D eigenvalue weighted by Crippen LogP contribution is 2.52. The van der Waals surface area contributed by atoms with Crippen LogP contribution in [-0.4, -0.2) is 30.2 Å². The summed E-state index contributed by atoms with van der Waals surface area (Å²) in [6, 6.07) is 11.8. The molecule has 0 radical (unpaired) electrons. The summed E-state index contributed by atoms with van der Waals surface area (Å²) in [5.74, 6) is -3.14. The molecule has 1 saturated carbocycles. The molecule has 3 aromatic rings. The summed E-state index contributed by atoms with van der Waals surface area (Å²) in [6.07, 6.45) is -4.63. The Morgan fingerprint density at radius 1 is 1.23 bits per heavy atom. The molecule has 2 aromatic heterocycles. The van der Waals surface area contributed by atoms with Gasteiger partial charge in [-0.1, -0.05) is 35.5 Å². The Kier molecular flexibility index (Phi) is 4.75. The largest absolute Gasteiger partial charge is 0.480 e. The molecule has 0 spiro atoms. The van der Waals surface area contributed by atoms with Crippen LogP contribution in [-0.2, 0) is 21.0 Å². The molecule has 0 aliphatic heterocycles. The Hall–Kier alpha value is -2.70. The van der Waals surface area contributed by atoms with Gasteiger partial charge in [0.1, 0.15) is 15.4 Å². The number of thiophene rings is 1. The van der Waals surface area contributed by atoms with Crippen molar-refractivity contribution in [3.8, 4) is 10.6 Å².